The highest BCUT2D eigenvalue weighted by Gasteiger charge is 2.27. The lowest BCUT2D eigenvalue weighted by atomic mass is 9.95. The molecule has 27 heavy (non-hydrogen) atoms. The van der Waals surface area contributed by atoms with Crippen molar-refractivity contribution in [2.75, 3.05) is 25.0 Å². The van der Waals surface area contributed by atoms with Crippen molar-refractivity contribution in [3.63, 3.8) is 0 Å². The molecule has 0 saturated carbocycles. The van der Waals surface area contributed by atoms with Crippen molar-refractivity contribution < 1.29 is 18.8 Å². The zero-order valence-electron chi connectivity index (χ0n) is 15.5. The Morgan fingerprint density at radius 2 is 2.00 bits per heavy atom. The van der Waals surface area contributed by atoms with Gasteiger partial charge in [0, 0.05) is 31.5 Å². The van der Waals surface area contributed by atoms with Crippen molar-refractivity contribution in [2.24, 2.45) is 5.92 Å². The molecule has 1 N–H and O–H groups in total. The van der Waals surface area contributed by atoms with Crippen molar-refractivity contribution in [1.82, 2.24) is 10.1 Å². The van der Waals surface area contributed by atoms with Crippen LogP contribution in [0.3, 0.4) is 0 Å². The molecule has 2 aromatic rings. The summed E-state index contributed by atoms with van der Waals surface area (Å²) in [6.45, 7) is 3.51. The first-order chi connectivity index (χ1) is 13.1. The van der Waals surface area contributed by atoms with E-state index in [1.54, 1.807) is 13.0 Å². The van der Waals surface area contributed by atoms with Gasteiger partial charge < -0.3 is 19.5 Å². The van der Waals surface area contributed by atoms with Gasteiger partial charge in [0.2, 0.25) is 11.8 Å². The summed E-state index contributed by atoms with van der Waals surface area (Å²) in [5.41, 5.74) is 0. The van der Waals surface area contributed by atoms with Crippen LogP contribution in [-0.4, -0.2) is 41.6 Å². The quantitative estimate of drug-likeness (QED) is 0.756. The third kappa shape index (κ3) is 5.57. The molecule has 7 heteroatoms. The number of carbonyl (C=O) groups excluding carboxylic acids is 2. The van der Waals surface area contributed by atoms with Crippen LogP contribution in [0, 0.1) is 12.8 Å². The van der Waals surface area contributed by atoms with E-state index in [0.717, 1.165) is 5.75 Å². The van der Waals surface area contributed by atoms with E-state index in [1.165, 1.54) is 0 Å². The Bertz CT molecular complexity index is 752. The molecule has 1 fully saturated rings. The topological polar surface area (TPSA) is 84.7 Å². The number of carbonyl (C=O) groups is 2. The number of nitrogens with zero attached hydrogens (tertiary/aromatic N) is 2. The van der Waals surface area contributed by atoms with E-state index >= 15 is 0 Å². The van der Waals surface area contributed by atoms with Gasteiger partial charge in [-0.3, -0.25) is 9.59 Å². The summed E-state index contributed by atoms with van der Waals surface area (Å²) in [6, 6.07) is 11.3. The smallest absolute Gasteiger partial charge is 0.228 e. The molecule has 2 heterocycles. The highest BCUT2D eigenvalue weighted by Crippen LogP contribution is 2.20. The monoisotopic (exact) mass is 371 g/mol. The van der Waals surface area contributed by atoms with E-state index in [0.29, 0.717) is 57.0 Å². The van der Waals surface area contributed by atoms with Gasteiger partial charge in [0.25, 0.3) is 0 Å². The minimum Gasteiger partial charge on any atom is -0.494 e. The van der Waals surface area contributed by atoms with Gasteiger partial charge in [-0.2, -0.15) is 0 Å². The molecule has 0 atom stereocenters. The SMILES string of the molecule is Cc1cc(NC(=O)C2CCN(C(=O)CCCOc3ccccc3)CC2)no1. The summed E-state index contributed by atoms with van der Waals surface area (Å²) in [4.78, 5) is 26.5. The molecule has 1 aromatic carbocycles. The Morgan fingerprint density at radius 1 is 1.26 bits per heavy atom. The lowest BCUT2D eigenvalue weighted by Crippen LogP contribution is -2.41. The molecule has 0 unspecified atom stereocenters. The normalized spacial score (nSPS) is 14.8. The van der Waals surface area contributed by atoms with Gasteiger partial charge in [-0.05, 0) is 38.3 Å². The maximum atomic E-state index is 12.3. The Kier molecular flexibility index (Phi) is 6.46. The molecule has 1 saturated heterocycles. The van der Waals surface area contributed by atoms with Crippen LogP contribution in [-0.2, 0) is 9.59 Å². The van der Waals surface area contributed by atoms with Crippen LogP contribution < -0.4 is 10.1 Å². The number of para-hydroxylation sites is 1. The number of hydrogen-bond donors (Lipinski definition) is 1. The van der Waals surface area contributed by atoms with E-state index in [1.807, 2.05) is 35.2 Å². The van der Waals surface area contributed by atoms with Gasteiger partial charge >= 0.3 is 0 Å². The summed E-state index contributed by atoms with van der Waals surface area (Å²) in [7, 11) is 0. The van der Waals surface area contributed by atoms with Crippen LogP contribution in [0.15, 0.2) is 40.9 Å². The van der Waals surface area contributed by atoms with E-state index in [9.17, 15) is 9.59 Å². The molecule has 0 spiro atoms. The summed E-state index contributed by atoms with van der Waals surface area (Å²) >= 11 is 0. The molecule has 0 aliphatic carbocycles. The third-order valence-electron chi connectivity index (χ3n) is 4.64. The number of anilines is 1. The lowest BCUT2D eigenvalue weighted by molar-refractivity contribution is -0.134. The minimum atomic E-state index is -0.104. The van der Waals surface area contributed by atoms with Gasteiger partial charge in [0.05, 0.1) is 6.61 Å². The largest absolute Gasteiger partial charge is 0.494 e. The van der Waals surface area contributed by atoms with Crippen molar-refractivity contribution in [3.8, 4) is 5.75 Å². The molecule has 1 aliphatic rings. The molecule has 3 rings (SSSR count). The predicted molar refractivity (Wildman–Crippen MR) is 100 cm³/mol. The number of nitrogens with one attached hydrogen (secondary N) is 1. The zero-order valence-corrected chi connectivity index (χ0v) is 15.5. The van der Waals surface area contributed by atoms with Crippen LogP contribution in [0.4, 0.5) is 5.82 Å². The van der Waals surface area contributed by atoms with Crippen molar-refractivity contribution >= 4 is 17.6 Å². The molecule has 1 aliphatic heterocycles. The van der Waals surface area contributed by atoms with Gasteiger partial charge in [-0.15, -0.1) is 0 Å². The fraction of sp³-hybridized carbons (Fsp3) is 0.450. The summed E-state index contributed by atoms with van der Waals surface area (Å²) < 4.78 is 10.6. The minimum absolute atomic E-state index is 0.0633. The first-order valence-electron chi connectivity index (χ1n) is 9.31. The molecule has 0 radical (unpaired) electrons. The average molecular weight is 371 g/mol. The van der Waals surface area contributed by atoms with E-state index in [4.69, 9.17) is 9.26 Å². The van der Waals surface area contributed by atoms with Crippen LogP contribution >= 0.6 is 0 Å². The fourth-order valence-corrected chi connectivity index (χ4v) is 3.13. The number of amides is 2. The van der Waals surface area contributed by atoms with Crippen molar-refractivity contribution in [1.29, 1.82) is 0 Å². The molecule has 0 bridgehead atoms. The Morgan fingerprint density at radius 3 is 2.67 bits per heavy atom. The number of likely N-dealkylation sites (tertiary alicyclic amines) is 1. The van der Waals surface area contributed by atoms with Crippen LogP contribution in [0.25, 0.3) is 0 Å². The number of aromatic nitrogens is 1. The number of rotatable bonds is 7. The first kappa shape index (κ1) is 18.9. The molecule has 7 nitrogen and oxygen atoms in total. The third-order valence-corrected chi connectivity index (χ3v) is 4.64. The lowest BCUT2D eigenvalue weighted by Gasteiger charge is -2.31. The number of aryl methyl sites for hydroxylation is 1. The summed E-state index contributed by atoms with van der Waals surface area (Å²) in [5.74, 6) is 1.87. The standard InChI is InChI=1S/C20H25N3O4/c1-15-14-18(22-27-15)21-20(25)16-9-11-23(12-10-16)19(24)8-5-13-26-17-6-3-2-4-7-17/h2-4,6-7,14,16H,5,8-13H2,1H3,(H,21,22,25). The second kappa shape index (κ2) is 9.21. The maximum absolute atomic E-state index is 12.3. The van der Waals surface area contributed by atoms with Gasteiger partial charge in [-0.25, -0.2) is 0 Å². The highest BCUT2D eigenvalue weighted by molar-refractivity contribution is 5.91. The molecular weight excluding hydrogens is 346 g/mol. The summed E-state index contributed by atoms with van der Waals surface area (Å²) in [6.07, 6.45) is 2.46. The van der Waals surface area contributed by atoms with Crippen molar-refractivity contribution in [3.05, 3.63) is 42.2 Å². The molecular formula is C20H25N3O4. The van der Waals surface area contributed by atoms with E-state index in [2.05, 4.69) is 10.5 Å². The number of ether oxygens (including phenoxy) is 1. The summed E-state index contributed by atoms with van der Waals surface area (Å²) in [5, 5.41) is 6.54. The second-order valence-electron chi connectivity index (χ2n) is 6.73. The van der Waals surface area contributed by atoms with Crippen molar-refractivity contribution in [2.45, 2.75) is 32.6 Å². The Labute approximate surface area is 158 Å². The Hall–Kier alpha value is -2.83. The van der Waals surface area contributed by atoms with Gasteiger partial charge in [0.1, 0.15) is 11.5 Å². The maximum Gasteiger partial charge on any atom is 0.228 e. The Balaban J connectivity index is 1.34. The first-order valence-corrected chi connectivity index (χ1v) is 9.31. The predicted octanol–water partition coefficient (Wildman–Crippen LogP) is 3.02. The van der Waals surface area contributed by atoms with Crippen LogP contribution in [0.1, 0.15) is 31.4 Å². The molecule has 144 valence electrons. The van der Waals surface area contributed by atoms with E-state index in [-0.39, 0.29) is 17.7 Å². The highest BCUT2D eigenvalue weighted by atomic mass is 16.5. The van der Waals surface area contributed by atoms with Gasteiger partial charge in [-0.1, -0.05) is 23.4 Å². The average Bonchev–Trinajstić information content (AvgIpc) is 3.10. The van der Waals surface area contributed by atoms with E-state index < -0.39 is 0 Å². The number of hydrogen-bond acceptors (Lipinski definition) is 5. The van der Waals surface area contributed by atoms with Crippen LogP contribution in [0.2, 0.25) is 0 Å². The number of benzene rings is 1. The second-order valence-corrected chi connectivity index (χ2v) is 6.73. The number of piperidine rings is 1. The van der Waals surface area contributed by atoms with Crippen LogP contribution in [0.5, 0.6) is 5.75 Å². The molecule has 1 aromatic heterocycles. The van der Waals surface area contributed by atoms with Gasteiger partial charge in [0.15, 0.2) is 5.82 Å². The zero-order chi connectivity index (χ0) is 19.1. The fourth-order valence-electron chi connectivity index (χ4n) is 3.13. The molecule has 2 amide bonds.